The van der Waals surface area contributed by atoms with Gasteiger partial charge in [0.05, 0.1) is 0 Å². The number of allylic oxidation sites excluding steroid dienone is 8. The van der Waals surface area contributed by atoms with Crippen molar-refractivity contribution >= 4 is 61.9 Å². The Morgan fingerprint density at radius 2 is 1.03 bits per heavy atom. The summed E-state index contributed by atoms with van der Waals surface area (Å²) in [7, 11) is -2.23. The maximum absolute atomic E-state index is 2.69. The predicted molar refractivity (Wildman–Crippen MR) is 300 cm³/mol. The Morgan fingerprint density at radius 1 is 0.414 bits per heavy atom. The summed E-state index contributed by atoms with van der Waals surface area (Å²) >= 11 is 0. The Kier molecular flexibility index (Phi) is 7.52. The molecule has 1 heteroatoms. The molecule has 0 nitrogen and oxygen atoms in total. The van der Waals surface area contributed by atoms with Crippen LogP contribution in [0.2, 0.25) is 13.1 Å². The van der Waals surface area contributed by atoms with Crippen LogP contribution in [-0.2, 0) is 5.41 Å². The minimum atomic E-state index is -2.23. The van der Waals surface area contributed by atoms with Crippen molar-refractivity contribution in [2.24, 2.45) is 5.92 Å². The Bertz CT molecular complexity index is 4210. The molecule has 328 valence electrons. The van der Waals surface area contributed by atoms with E-state index in [4.69, 9.17) is 0 Å². The molecule has 0 aromatic heterocycles. The fourth-order valence-electron chi connectivity index (χ4n) is 14.5. The van der Waals surface area contributed by atoms with Crippen LogP contribution >= 0.6 is 0 Å². The molecule has 1 aliphatic heterocycles. The number of hydrogen-bond donors (Lipinski definition) is 0. The smallest absolute Gasteiger partial charge is 0.0760 e. The lowest BCUT2D eigenvalue weighted by Crippen LogP contribution is -2.49. The first kappa shape index (κ1) is 39.1. The standard InChI is InChI=1S/C69H48Si/c1-69(2)61-26-12-11-19-45(61)46-29-27-39(35-62(46)69)40-28-30-47-58-37-59-60(38-64(58)70(3,4)63(47)36-40)68(57-34-32-55-44-18-8-6-16-42(44)49-23-14-25-53(57)66(49)55)51-21-10-9-20-50(51)67(59)56-33-31-54-43-17-7-5-15-41(43)48-22-13-24-52(56)65(48)54/h5-38,52,56H,1-4H3. The molecular weight excluding hydrogens is 857 g/mol. The molecule has 10 aromatic rings. The van der Waals surface area contributed by atoms with E-state index in [9.17, 15) is 0 Å². The molecule has 10 aromatic carbocycles. The minimum Gasteiger partial charge on any atom is -0.0760 e. The highest BCUT2D eigenvalue weighted by molar-refractivity contribution is 7.04. The van der Waals surface area contributed by atoms with E-state index in [0.717, 1.165) is 0 Å². The van der Waals surface area contributed by atoms with Crippen LogP contribution in [0.4, 0.5) is 0 Å². The summed E-state index contributed by atoms with van der Waals surface area (Å²) in [5.41, 5.74) is 27.4. The SMILES string of the molecule is CC1(C)c2ccccc2-c2ccc(-c3ccc4c(c3)[Si](C)(C)c3cc5c(-c6ccc7c8c(cccc68)-c6ccccc6-7)c6ccccc6c(C6C=CC7=C8C(=CC=CC86)c6ccccc67)c5cc3-4)cc21. The zero-order chi connectivity index (χ0) is 46.4. The molecule has 16 rings (SSSR count). The minimum absolute atomic E-state index is 0.0461. The molecule has 5 aliphatic carbocycles. The van der Waals surface area contributed by atoms with Gasteiger partial charge >= 0.3 is 0 Å². The van der Waals surface area contributed by atoms with Crippen molar-refractivity contribution in [1.82, 2.24) is 0 Å². The van der Waals surface area contributed by atoms with Crippen LogP contribution in [0.25, 0.3) is 110 Å². The molecule has 70 heavy (non-hydrogen) atoms. The van der Waals surface area contributed by atoms with Gasteiger partial charge in [-0.1, -0.05) is 221 Å². The monoisotopic (exact) mass is 904 g/mol. The van der Waals surface area contributed by atoms with Gasteiger partial charge in [-0.15, -0.1) is 0 Å². The van der Waals surface area contributed by atoms with Crippen LogP contribution < -0.4 is 10.4 Å². The topological polar surface area (TPSA) is 0 Å². The van der Waals surface area contributed by atoms with Crippen molar-refractivity contribution in [2.75, 3.05) is 0 Å². The maximum Gasteiger partial charge on any atom is 0.113 e. The van der Waals surface area contributed by atoms with Gasteiger partial charge in [-0.3, -0.25) is 0 Å². The molecule has 0 bridgehead atoms. The van der Waals surface area contributed by atoms with E-state index in [-0.39, 0.29) is 17.3 Å². The fraction of sp³-hybridized carbons (Fsp3) is 0.101. The van der Waals surface area contributed by atoms with Crippen LogP contribution in [0.3, 0.4) is 0 Å². The summed E-state index contributed by atoms with van der Waals surface area (Å²) in [6.07, 6.45) is 12.2. The van der Waals surface area contributed by atoms with Gasteiger partial charge in [-0.05, 0) is 166 Å². The van der Waals surface area contributed by atoms with Crippen LogP contribution in [-0.4, -0.2) is 8.07 Å². The van der Waals surface area contributed by atoms with E-state index in [0.29, 0.717) is 0 Å². The molecule has 0 amide bonds. The largest absolute Gasteiger partial charge is 0.113 e. The number of benzene rings is 10. The molecule has 2 atom stereocenters. The van der Waals surface area contributed by atoms with Gasteiger partial charge in [0.1, 0.15) is 8.07 Å². The van der Waals surface area contributed by atoms with Crippen LogP contribution in [0, 0.1) is 5.92 Å². The highest BCUT2D eigenvalue weighted by atomic mass is 28.3. The fourth-order valence-corrected chi connectivity index (χ4v) is 17.6. The quantitative estimate of drug-likeness (QED) is 0.122. The van der Waals surface area contributed by atoms with Gasteiger partial charge in [0.15, 0.2) is 0 Å². The summed E-state index contributed by atoms with van der Waals surface area (Å²) in [4.78, 5) is 0. The summed E-state index contributed by atoms with van der Waals surface area (Å²) < 4.78 is 0. The second-order valence-corrected chi connectivity index (χ2v) is 26.1. The van der Waals surface area contributed by atoms with E-state index in [1.165, 1.54) is 154 Å². The second kappa shape index (κ2) is 13.5. The average molecular weight is 905 g/mol. The summed E-state index contributed by atoms with van der Waals surface area (Å²) in [5, 5.41) is 11.2. The first-order valence-electron chi connectivity index (χ1n) is 25.2. The molecule has 0 fully saturated rings. The lowest BCUT2D eigenvalue weighted by Gasteiger charge is -2.33. The molecule has 2 unspecified atom stereocenters. The number of hydrogen-bond acceptors (Lipinski definition) is 0. The van der Waals surface area contributed by atoms with E-state index < -0.39 is 8.07 Å². The second-order valence-electron chi connectivity index (χ2n) is 21.8. The van der Waals surface area contributed by atoms with E-state index in [1.807, 2.05) is 0 Å². The molecule has 0 saturated carbocycles. The van der Waals surface area contributed by atoms with Gasteiger partial charge in [0, 0.05) is 17.3 Å². The van der Waals surface area contributed by atoms with Gasteiger partial charge in [0.2, 0.25) is 0 Å². The molecule has 0 spiro atoms. The van der Waals surface area contributed by atoms with E-state index in [2.05, 4.69) is 233 Å². The summed E-state index contributed by atoms with van der Waals surface area (Å²) in [5.74, 6) is 0.373. The molecule has 1 heterocycles. The lowest BCUT2D eigenvalue weighted by molar-refractivity contribution is 0.660. The Morgan fingerprint density at radius 3 is 1.86 bits per heavy atom. The molecule has 0 saturated heterocycles. The van der Waals surface area contributed by atoms with E-state index >= 15 is 0 Å². The third-order valence-electron chi connectivity index (χ3n) is 17.8. The van der Waals surface area contributed by atoms with Crippen LogP contribution in [0.1, 0.15) is 47.6 Å². The summed E-state index contributed by atoms with van der Waals surface area (Å²) in [6, 6.07) is 68.3. The third kappa shape index (κ3) is 4.86. The predicted octanol–water partition coefficient (Wildman–Crippen LogP) is 16.9. The first-order valence-corrected chi connectivity index (χ1v) is 28.2. The van der Waals surface area contributed by atoms with Gasteiger partial charge in [-0.2, -0.15) is 0 Å². The van der Waals surface area contributed by atoms with Crippen LogP contribution in [0.5, 0.6) is 0 Å². The van der Waals surface area contributed by atoms with Gasteiger partial charge in [-0.25, -0.2) is 0 Å². The normalized spacial score (nSPS) is 18.4. The molecule has 0 N–H and O–H groups in total. The van der Waals surface area contributed by atoms with E-state index in [1.54, 1.807) is 0 Å². The molecular formula is C69H48Si. The first-order chi connectivity index (χ1) is 34.3. The van der Waals surface area contributed by atoms with Crippen molar-refractivity contribution in [1.29, 1.82) is 0 Å². The molecule has 6 aliphatic rings. The Labute approximate surface area is 410 Å². The van der Waals surface area contributed by atoms with Crippen molar-refractivity contribution in [3.8, 4) is 66.8 Å². The third-order valence-corrected chi connectivity index (χ3v) is 21.3. The van der Waals surface area contributed by atoms with Crippen molar-refractivity contribution < 1.29 is 0 Å². The Balaban J connectivity index is 0.944. The number of fused-ring (bicyclic) bond motifs is 14. The van der Waals surface area contributed by atoms with Crippen LogP contribution in [0.15, 0.2) is 212 Å². The highest BCUT2D eigenvalue weighted by Crippen LogP contribution is 2.58. The zero-order valence-corrected chi connectivity index (χ0v) is 40.8. The average Bonchev–Trinajstić information content (AvgIpc) is 4.06. The maximum atomic E-state index is 2.69. The summed E-state index contributed by atoms with van der Waals surface area (Å²) in [6.45, 7) is 9.98. The Hall–Kier alpha value is -7.84. The molecule has 0 radical (unpaired) electrons. The van der Waals surface area contributed by atoms with Crippen molar-refractivity contribution in [3.05, 3.63) is 240 Å². The van der Waals surface area contributed by atoms with Gasteiger partial charge in [0.25, 0.3) is 0 Å². The van der Waals surface area contributed by atoms with Crippen molar-refractivity contribution in [3.63, 3.8) is 0 Å². The van der Waals surface area contributed by atoms with Crippen molar-refractivity contribution in [2.45, 2.75) is 38.3 Å². The van der Waals surface area contributed by atoms with Gasteiger partial charge < -0.3 is 0 Å². The zero-order valence-electron chi connectivity index (χ0n) is 39.8. The number of rotatable bonds is 3. The highest BCUT2D eigenvalue weighted by Gasteiger charge is 2.42. The lowest BCUT2D eigenvalue weighted by atomic mass is 9.70.